The molecule has 0 aliphatic heterocycles. The summed E-state index contributed by atoms with van der Waals surface area (Å²) in [5, 5.41) is 13.5. The SMILES string of the molecule is Cn1ccnc1CCNCc1c(O)cccc1Cl. The predicted molar refractivity (Wildman–Crippen MR) is 71.7 cm³/mol. The number of aromatic nitrogens is 2. The fraction of sp³-hybridized carbons (Fsp3) is 0.308. The molecule has 0 spiro atoms. The lowest BCUT2D eigenvalue weighted by Crippen LogP contribution is -2.18. The number of hydrogen-bond donors (Lipinski definition) is 2. The molecule has 1 aromatic heterocycles. The first-order chi connectivity index (χ1) is 8.68. The van der Waals surface area contributed by atoms with Crippen molar-refractivity contribution < 1.29 is 5.11 Å². The molecule has 2 N–H and O–H groups in total. The van der Waals surface area contributed by atoms with Gasteiger partial charge in [-0.25, -0.2) is 4.98 Å². The van der Waals surface area contributed by atoms with Gasteiger partial charge in [-0.05, 0) is 12.1 Å². The normalized spacial score (nSPS) is 10.8. The number of aryl methyl sites for hydroxylation is 1. The number of aromatic hydroxyl groups is 1. The first-order valence-corrected chi connectivity index (χ1v) is 6.19. The highest BCUT2D eigenvalue weighted by atomic mass is 35.5. The molecule has 0 bridgehead atoms. The Hall–Kier alpha value is -1.52. The number of benzene rings is 1. The maximum Gasteiger partial charge on any atom is 0.121 e. The van der Waals surface area contributed by atoms with E-state index in [1.54, 1.807) is 24.4 Å². The van der Waals surface area contributed by atoms with Crippen LogP contribution in [0.2, 0.25) is 5.02 Å². The topological polar surface area (TPSA) is 50.1 Å². The Labute approximate surface area is 111 Å². The molecule has 0 unspecified atom stereocenters. The molecule has 2 aromatic rings. The third-order valence-corrected chi connectivity index (χ3v) is 3.20. The lowest BCUT2D eigenvalue weighted by molar-refractivity contribution is 0.464. The minimum atomic E-state index is 0.229. The lowest BCUT2D eigenvalue weighted by atomic mass is 10.2. The van der Waals surface area contributed by atoms with Gasteiger partial charge in [0.25, 0.3) is 0 Å². The van der Waals surface area contributed by atoms with Crippen LogP contribution < -0.4 is 5.32 Å². The highest BCUT2D eigenvalue weighted by Crippen LogP contribution is 2.24. The average molecular weight is 266 g/mol. The first-order valence-electron chi connectivity index (χ1n) is 5.81. The van der Waals surface area contributed by atoms with E-state index in [1.165, 1.54) is 0 Å². The van der Waals surface area contributed by atoms with E-state index < -0.39 is 0 Å². The average Bonchev–Trinajstić information content (AvgIpc) is 2.73. The molecule has 0 amide bonds. The summed E-state index contributed by atoms with van der Waals surface area (Å²) in [5.74, 6) is 1.26. The zero-order valence-corrected chi connectivity index (χ0v) is 11.0. The van der Waals surface area contributed by atoms with Crippen molar-refractivity contribution in [2.24, 2.45) is 7.05 Å². The van der Waals surface area contributed by atoms with Gasteiger partial charge in [-0.3, -0.25) is 0 Å². The first kappa shape index (κ1) is 12.9. The van der Waals surface area contributed by atoms with Gasteiger partial charge < -0.3 is 15.0 Å². The second kappa shape index (κ2) is 5.89. The van der Waals surface area contributed by atoms with Gasteiger partial charge in [-0.2, -0.15) is 0 Å². The molecule has 96 valence electrons. The van der Waals surface area contributed by atoms with E-state index in [2.05, 4.69) is 10.3 Å². The molecule has 0 saturated heterocycles. The fourth-order valence-electron chi connectivity index (χ4n) is 1.77. The van der Waals surface area contributed by atoms with Crippen LogP contribution in [0.3, 0.4) is 0 Å². The number of imidazole rings is 1. The molecule has 4 nitrogen and oxygen atoms in total. The van der Waals surface area contributed by atoms with Gasteiger partial charge in [0, 0.05) is 49.5 Å². The van der Waals surface area contributed by atoms with E-state index in [4.69, 9.17) is 11.6 Å². The molecule has 0 aliphatic carbocycles. The summed E-state index contributed by atoms with van der Waals surface area (Å²) in [7, 11) is 1.97. The fourth-order valence-corrected chi connectivity index (χ4v) is 2.01. The molecule has 0 fully saturated rings. The van der Waals surface area contributed by atoms with Crippen molar-refractivity contribution >= 4 is 11.6 Å². The van der Waals surface area contributed by atoms with Crippen molar-refractivity contribution in [3.63, 3.8) is 0 Å². The van der Waals surface area contributed by atoms with Crippen molar-refractivity contribution in [2.75, 3.05) is 6.54 Å². The van der Waals surface area contributed by atoms with Crippen LogP contribution in [0, 0.1) is 0 Å². The van der Waals surface area contributed by atoms with Gasteiger partial charge in [-0.1, -0.05) is 17.7 Å². The van der Waals surface area contributed by atoms with Crippen molar-refractivity contribution in [3.05, 3.63) is 47.0 Å². The largest absolute Gasteiger partial charge is 0.508 e. The van der Waals surface area contributed by atoms with E-state index in [1.807, 2.05) is 17.8 Å². The Morgan fingerprint density at radius 2 is 2.28 bits per heavy atom. The molecule has 0 aliphatic rings. The summed E-state index contributed by atoms with van der Waals surface area (Å²) in [6.07, 6.45) is 4.55. The Morgan fingerprint density at radius 3 is 2.94 bits per heavy atom. The van der Waals surface area contributed by atoms with Crippen LogP contribution in [0.15, 0.2) is 30.6 Å². The highest BCUT2D eigenvalue weighted by Gasteiger charge is 2.05. The quantitative estimate of drug-likeness (QED) is 0.814. The predicted octanol–water partition coefficient (Wildman–Crippen LogP) is 2.11. The van der Waals surface area contributed by atoms with E-state index in [0.717, 1.165) is 24.4 Å². The van der Waals surface area contributed by atoms with Crippen molar-refractivity contribution in [3.8, 4) is 5.75 Å². The second-order valence-electron chi connectivity index (χ2n) is 4.12. The number of nitrogens with zero attached hydrogens (tertiary/aromatic N) is 2. The standard InChI is InChI=1S/C13H16ClN3O/c1-17-8-7-16-13(17)5-6-15-9-10-11(14)3-2-4-12(10)18/h2-4,7-8,15,18H,5-6,9H2,1H3. The van der Waals surface area contributed by atoms with E-state index in [0.29, 0.717) is 11.6 Å². The number of phenols is 1. The maximum atomic E-state index is 9.68. The minimum absolute atomic E-state index is 0.229. The molecule has 2 rings (SSSR count). The molecule has 0 atom stereocenters. The van der Waals surface area contributed by atoms with Crippen LogP contribution >= 0.6 is 11.6 Å². The van der Waals surface area contributed by atoms with Gasteiger partial charge in [0.1, 0.15) is 11.6 Å². The van der Waals surface area contributed by atoms with Crippen molar-refractivity contribution in [1.82, 2.24) is 14.9 Å². The van der Waals surface area contributed by atoms with E-state index in [-0.39, 0.29) is 5.75 Å². The van der Waals surface area contributed by atoms with Crippen LogP contribution in [0.25, 0.3) is 0 Å². The van der Waals surface area contributed by atoms with Crippen molar-refractivity contribution in [1.29, 1.82) is 0 Å². The molecule has 18 heavy (non-hydrogen) atoms. The Kier molecular flexibility index (Phi) is 4.23. The molecular weight excluding hydrogens is 250 g/mol. The zero-order chi connectivity index (χ0) is 13.0. The van der Waals surface area contributed by atoms with Gasteiger partial charge in [0.2, 0.25) is 0 Å². The summed E-state index contributed by atoms with van der Waals surface area (Å²) < 4.78 is 1.99. The van der Waals surface area contributed by atoms with Crippen LogP contribution in [0.1, 0.15) is 11.4 Å². The summed E-state index contributed by atoms with van der Waals surface area (Å²) in [6, 6.07) is 5.15. The Morgan fingerprint density at radius 1 is 1.44 bits per heavy atom. The minimum Gasteiger partial charge on any atom is -0.508 e. The summed E-state index contributed by atoms with van der Waals surface area (Å²) in [4.78, 5) is 4.24. The Bertz CT molecular complexity index is 504. The van der Waals surface area contributed by atoms with Crippen molar-refractivity contribution in [2.45, 2.75) is 13.0 Å². The molecule has 0 saturated carbocycles. The number of hydrogen-bond acceptors (Lipinski definition) is 3. The molecule has 1 heterocycles. The zero-order valence-electron chi connectivity index (χ0n) is 10.2. The molecule has 1 aromatic carbocycles. The number of halogens is 1. The summed E-state index contributed by atoms with van der Waals surface area (Å²) in [5.41, 5.74) is 0.735. The summed E-state index contributed by atoms with van der Waals surface area (Å²) >= 11 is 6.02. The second-order valence-corrected chi connectivity index (χ2v) is 4.53. The van der Waals surface area contributed by atoms with E-state index in [9.17, 15) is 5.11 Å². The third-order valence-electron chi connectivity index (χ3n) is 2.84. The number of nitrogens with one attached hydrogen (secondary N) is 1. The summed E-state index contributed by atoms with van der Waals surface area (Å²) in [6.45, 7) is 1.34. The van der Waals surface area contributed by atoms with Gasteiger partial charge in [-0.15, -0.1) is 0 Å². The van der Waals surface area contributed by atoms with Crippen LogP contribution in [0.4, 0.5) is 0 Å². The van der Waals surface area contributed by atoms with E-state index >= 15 is 0 Å². The highest BCUT2D eigenvalue weighted by molar-refractivity contribution is 6.31. The smallest absolute Gasteiger partial charge is 0.121 e. The van der Waals surface area contributed by atoms with Crippen LogP contribution in [0.5, 0.6) is 5.75 Å². The van der Waals surface area contributed by atoms with Gasteiger partial charge >= 0.3 is 0 Å². The van der Waals surface area contributed by atoms with Gasteiger partial charge in [0.15, 0.2) is 0 Å². The monoisotopic (exact) mass is 265 g/mol. The lowest BCUT2D eigenvalue weighted by Gasteiger charge is -2.08. The number of rotatable bonds is 5. The maximum absolute atomic E-state index is 9.68. The Balaban J connectivity index is 1.84. The van der Waals surface area contributed by atoms with Gasteiger partial charge in [0.05, 0.1) is 0 Å². The number of phenolic OH excluding ortho intramolecular Hbond substituents is 1. The molecule has 0 radical (unpaired) electrons. The van der Waals surface area contributed by atoms with Crippen LogP contribution in [-0.2, 0) is 20.0 Å². The molecule has 5 heteroatoms. The molecular formula is C13H16ClN3O. The third kappa shape index (κ3) is 3.03. The van der Waals surface area contributed by atoms with Crippen LogP contribution in [-0.4, -0.2) is 21.2 Å².